The molecule has 2 aromatic rings. The van der Waals surface area contributed by atoms with Gasteiger partial charge in [-0.3, -0.25) is 4.90 Å². The third-order valence-corrected chi connectivity index (χ3v) is 3.81. The number of cyclic esters (lactones) is 1. The van der Waals surface area contributed by atoms with Gasteiger partial charge in [0.15, 0.2) is 5.82 Å². The molecule has 0 bridgehead atoms. The Balaban J connectivity index is 1.79. The summed E-state index contributed by atoms with van der Waals surface area (Å²) in [5, 5.41) is 7.33. The van der Waals surface area contributed by atoms with E-state index in [9.17, 15) is 14.0 Å². The van der Waals surface area contributed by atoms with E-state index in [4.69, 9.17) is 15.0 Å². The zero-order valence-corrected chi connectivity index (χ0v) is 14.3. The Bertz CT molecular complexity index is 923. The first kappa shape index (κ1) is 18.2. The van der Waals surface area contributed by atoms with Crippen LogP contribution in [0.5, 0.6) is 0 Å². The van der Waals surface area contributed by atoms with Crippen molar-refractivity contribution >= 4 is 17.7 Å². The number of anilines is 1. The number of hydrogen-bond acceptors (Lipinski definition) is 6. The third-order valence-electron chi connectivity index (χ3n) is 3.81. The molecule has 3 rings (SSSR count). The molecule has 1 saturated heterocycles. The van der Waals surface area contributed by atoms with Gasteiger partial charge in [-0.15, -0.1) is 0 Å². The summed E-state index contributed by atoms with van der Waals surface area (Å²) in [7, 11) is 0. The molecular weight excluding hydrogens is 359 g/mol. The minimum atomic E-state index is -0.649. The molecule has 10 nitrogen and oxygen atoms in total. The lowest BCUT2D eigenvalue weighted by molar-refractivity contribution is 0.0526. The number of aromatic nitrogens is 2. The lowest BCUT2D eigenvalue weighted by Gasteiger charge is -2.14. The second-order valence-electron chi connectivity index (χ2n) is 5.56. The molecule has 1 aromatic carbocycles. The van der Waals surface area contributed by atoms with Gasteiger partial charge in [0, 0.05) is 11.1 Å². The topological polar surface area (TPSA) is 122 Å². The summed E-state index contributed by atoms with van der Waals surface area (Å²) in [5.41, 5.74) is 8.93. The summed E-state index contributed by atoms with van der Waals surface area (Å²) in [4.78, 5) is 27.5. The Hall–Kier alpha value is -3.59. The van der Waals surface area contributed by atoms with Crippen LogP contribution in [0.4, 0.5) is 14.9 Å². The van der Waals surface area contributed by atoms with Crippen molar-refractivity contribution in [3.05, 3.63) is 52.4 Å². The van der Waals surface area contributed by atoms with Gasteiger partial charge >= 0.3 is 12.1 Å². The molecule has 0 aliphatic carbocycles. The lowest BCUT2D eigenvalue weighted by Crippen LogP contribution is -2.25. The molecule has 0 radical (unpaired) electrons. The summed E-state index contributed by atoms with van der Waals surface area (Å²) in [6, 6.07) is 4.13. The first-order valence-electron chi connectivity index (χ1n) is 8.04. The van der Waals surface area contributed by atoms with Crippen molar-refractivity contribution in [2.75, 3.05) is 24.6 Å². The molecular formula is C16H15FN6O4. The molecule has 1 aliphatic rings. The van der Waals surface area contributed by atoms with Crippen LogP contribution in [0.1, 0.15) is 17.3 Å². The smallest absolute Gasteiger partial charge is 0.414 e. The van der Waals surface area contributed by atoms with E-state index in [-0.39, 0.29) is 30.9 Å². The predicted molar refractivity (Wildman–Crippen MR) is 91.1 cm³/mol. The largest absolute Gasteiger partial charge is 0.462 e. The second-order valence-corrected chi connectivity index (χ2v) is 5.56. The van der Waals surface area contributed by atoms with E-state index in [0.29, 0.717) is 5.69 Å². The highest BCUT2D eigenvalue weighted by atomic mass is 19.1. The van der Waals surface area contributed by atoms with Crippen LogP contribution >= 0.6 is 0 Å². The number of ether oxygens (including phenoxy) is 2. The lowest BCUT2D eigenvalue weighted by atomic mass is 10.2. The fourth-order valence-electron chi connectivity index (χ4n) is 2.58. The van der Waals surface area contributed by atoms with Crippen LogP contribution < -0.4 is 4.90 Å². The summed E-state index contributed by atoms with van der Waals surface area (Å²) < 4.78 is 25.7. The van der Waals surface area contributed by atoms with Crippen LogP contribution in [0.15, 0.2) is 35.7 Å². The average molecular weight is 374 g/mol. The second kappa shape index (κ2) is 7.75. The number of esters is 1. The van der Waals surface area contributed by atoms with Crippen molar-refractivity contribution in [3.8, 4) is 5.69 Å². The molecule has 2 heterocycles. The third kappa shape index (κ3) is 3.82. The minimum absolute atomic E-state index is 0.00320. The molecule has 1 fully saturated rings. The molecule has 1 amide bonds. The van der Waals surface area contributed by atoms with Gasteiger partial charge in [0.25, 0.3) is 0 Å². The van der Waals surface area contributed by atoms with Gasteiger partial charge < -0.3 is 9.47 Å². The normalized spacial score (nSPS) is 16.0. The van der Waals surface area contributed by atoms with E-state index >= 15 is 0 Å². The van der Waals surface area contributed by atoms with E-state index in [2.05, 4.69) is 15.1 Å². The monoisotopic (exact) mass is 374 g/mol. The molecule has 0 spiro atoms. The quantitative estimate of drug-likeness (QED) is 0.333. The summed E-state index contributed by atoms with van der Waals surface area (Å²) >= 11 is 0. The van der Waals surface area contributed by atoms with E-state index in [1.165, 1.54) is 34.1 Å². The Morgan fingerprint density at radius 1 is 1.56 bits per heavy atom. The van der Waals surface area contributed by atoms with E-state index in [0.717, 1.165) is 6.07 Å². The van der Waals surface area contributed by atoms with E-state index < -0.39 is 24.0 Å². The SMILES string of the molecule is CCOC(=O)c1cnn(-c2ccc(N3C[C@H](CN=[N+]=[N-])OC3=O)cc2F)c1. The van der Waals surface area contributed by atoms with Crippen molar-refractivity contribution in [3.63, 3.8) is 0 Å². The van der Waals surface area contributed by atoms with E-state index in [1.807, 2.05) is 0 Å². The summed E-state index contributed by atoms with van der Waals surface area (Å²) in [5.74, 6) is -1.19. The van der Waals surface area contributed by atoms with Crippen LogP contribution in [0.2, 0.25) is 0 Å². The van der Waals surface area contributed by atoms with Crippen LogP contribution in [0, 0.1) is 5.82 Å². The zero-order chi connectivity index (χ0) is 19.4. The van der Waals surface area contributed by atoms with Gasteiger partial charge in [-0.25, -0.2) is 18.7 Å². The highest BCUT2D eigenvalue weighted by Gasteiger charge is 2.32. The zero-order valence-electron chi connectivity index (χ0n) is 14.3. The number of rotatable bonds is 6. The fraction of sp³-hybridized carbons (Fsp3) is 0.312. The number of azide groups is 1. The van der Waals surface area contributed by atoms with E-state index in [1.54, 1.807) is 6.92 Å². The summed E-state index contributed by atoms with van der Waals surface area (Å²) in [6.45, 7) is 2.05. The fourth-order valence-corrected chi connectivity index (χ4v) is 2.58. The number of carbonyl (C=O) groups excluding carboxylic acids is 2. The molecule has 27 heavy (non-hydrogen) atoms. The van der Waals surface area contributed by atoms with Crippen LogP contribution in [0.25, 0.3) is 16.1 Å². The minimum Gasteiger partial charge on any atom is -0.462 e. The number of carbonyl (C=O) groups is 2. The Morgan fingerprint density at radius 2 is 2.37 bits per heavy atom. The molecule has 140 valence electrons. The van der Waals surface area contributed by atoms with Crippen molar-refractivity contribution < 1.29 is 23.5 Å². The van der Waals surface area contributed by atoms with Crippen molar-refractivity contribution in [2.24, 2.45) is 5.11 Å². The van der Waals surface area contributed by atoms with Crippen molar-refractivity contribution in [1.29, 1.82) is 0 Å². The van der Waals surface area contributed by atoms with Gasteiger partial charge in [0.05, 0.1) is 37.1 Å². The Kier molecular flexibility index (Phi) is 5.23. The summed E-state index contributed by atoms with van der Waals surface area (Å²) in [6.07, 6.45) is 1.40. The highest BCUT2D eigenvalue weighted by Crippen LogP contribution is 2.25. The molecule has 1 atom stereocenters. The van der Waals surface area contributed by atoms with Crippen molar-refractivity contribution in [2.45, 2.75) is 13.0 Å². The maximum absolute atomic E-state index is 14.6. The first-order chi connectivity index (χ1) is 13.0. The average Bonchev–Trinajstić information content (AvgIpc) is 3.27. The Morgan fingerprint density at radius 3 is 3.07 bits per heavy atom. The maximum Gasteiger partial charge on any atom is 0.414 e. The standard InChI is InChI=1S/C16H15FN6O4/c1-2-26-15(24)10-6-20-23(8-10)14-4-3-11(5-13(14)17)22-9-12(7-19-21-18)27-16(22)25/h3-6,8,12H,2,7,9H2,1H3/t12-/m0/s1. The van der Waals surface area contributed by atoms with Gasteiger partial charge in [0.1, 0.15) is 11.8 Å². The number of halogens is 1. The maximum atomic E-state index is 14.6. The molecule has 0 N–H and O–H groups in total. The molecule has 1 aliphatic heterocycles. The highest BCUT2D eigenvalue weighted by molar-refractivity contribution is 5.90. The van der Waals surface area contributed by atoms with Crippen LogP contribution in [-0.4, -0.2) is 47.6 Å². The van der Waals surface area contributed by atoms with Gasteiger partial charge in [-0.2, -0.15) is 5.10 Å². The molecule has 0 unspecified atom stereocenters. The molecule has 0 saturated carbocycles. The Labute approximate surface area is 152 Å². The van der Waals surface area contributed by atoms with Crippen LogP contribution in [0.3, 0.4) is 0 Å². The van der Waals surface area contributed by atoms with Crippen molar-refractivity contribution in [1.82, 2.24) is 9.78 Å². The number of amides is 1. The van der Waals surface area contributed by atoms with Gasteiger partial charge in [-0.1, -0.05) is 5.11 Å². The van der Waals surface area contributed by atoms with Crippen LogP contribution in [-0.2, 0) is 9.47 Å². The number of nitrogens with zero attached hydrogens (tertiary/aromatic N) is 6. The number of benzene rings is 1. The van der Waals surface area contributed by atoms with Gasteiger partial charge in [-0.05, 0) is 30.7 Å². The van der Waals surface area contributed by atoms with Gasteiger partial charge in [0.2, 0.25) is 0 Å². The predicted octanol–water partition coefficient (Wildman–Crippen LogP) is 2.82. The number of hydrogen-bond donors (Lipinski definition) is 0. The first-order valence-corrected chi connectivity index (χ1v) is 8.04. The molecule has 11 heteroatoms. The molecule has 1 aromatic heterocycles.